The maximum absolute atomic E-state index is 6.27. The van der Waals surface area contributed by atoms with Crippen LogP contribution in [0.25, 0.3) is 0 Å². The molecule has 2 aromatic rings. The lowest BCUT2D eigenvalue weighted by Crippen LogP contribution is -2.39. The minimum atomic E-state index is 0. The van der Waals surface area contributed by atoms with Gasteiger partial charge in [0.05, 0.1) is 12.6 Å². The van der Waals surface area contributed by atoms with Crippen molar-refractivity contribution in [2.75, 3.05) is 13.1 Å². The summed E-state index contributed by atoms with van der Waals surface area (Å²) in [5.74, 6) is 1.75. The van der Waals surface area contributed by atoms with Gasteiger partial charge in [-0.1, -0.05) is 36.7 Å². The minimum absolute atomic E-state index is 0. The van der Waals surface area contributed by atoms with E-state index in [1.807, 2.05) is 35.8 Å². The molecule has 2 rings (SSSR count). The molecule has 0 saturated heterocycles. The molecule has 0 aliphatic heterocycles. The van der Waals surface area contributed by atoms with Gasteiger partial charge in [0.25, 0.3) is 0 Å². The molecule has 1 aromatic carbocycles. The summed E-state index contributed by atoms with van der Waals surface area (Å²) in [6, 6.07) is 7.91. The van der Waals surface area contributed by atoms with E-state index in [2.05, 4.69) is 39.7 Å². The zero-order valence-corrected chi connectivity index (χ0v) is 18.0. The Labute approximate surface area is 171 Å². The standard InChI is InChI=1S/C17H25ClN6.HI/c1-4-16-23-21-12-24(16)11-10-20-17(19-5-2)22-13(3)14-8-6-7-9-15(14)18;/h6-9,12-13H,4-5,10-11H2,1-3H3,(H2,19,20,22);1H. The molecule has 1 heterocycles. The summed E-state index contributed by atoms with van der Waals surface area (Å²) in [6.07, 6.45) is 2.62. The Bertz CT molecular complexity index is 673. The first kappa shape index (κ1) is 21.7. The van der Waals surface area contributed by atoms with E-state index in [9.17, 15) is 0 Å². The summed E-state index contributed by atoms with van der Waals surface area (Å²) in [6.45, 7) is 8.40. The molecule has 0 fully saturated rings. The van der Waals surface area contributed by atoms with Crippen LogP contribution in [0.4, 0.5) is 0 Å². The van der Waals surface area contributed by atoms with Crippen LogP contribution in [0.3, 0.4) is 0 Å². The van der Waals surface area contributed by atoms with Gasteiger partial charge in [-0.2, -0.15) is 0 Å². The zero-order valence-electron chi connectivity index (χ0n) is 14.9. The Morgan fingerprint density at radius 1 is 1.32 bits per heavy atom. The van der Waals surface area contributed by atoms with Crippen LogP contribution in [0.1, 0.15) is 38.2 Å². The van der Waals surface area contributed by atoms with Gasteiger partial charge in [-0.3, -0.25) is 4.99 Å². The lowest BCUT2D eigenvalue weighted by molar-refractivity contribution is 0.650. The summed E-state index contributed by atoms with van der Waals surface area (Å²) < 4.78 is 2.03. The Kier molecular flexibility index (Phi) is 9.81. The third-order valence-corrected chi connectivity index (χ3v) is 4.04. The number of hydrogen-bond acceptors (Lipinski definition) is 3. The van der Waals surface area contributed by atoms with Gasteiger partial charge in [0, 0.05) is 24.5 Å². The maximum Gasteiger partial charge on any atom is 0.191 e. The Balaban J connectivity index is 0.00000312. The highest BCUT2D eigenvalue weighted by Gasteiger charge is 2.10. The maximum atomic E-state index is 6.27. The number of aryl methyl sites for hydroxylation is 1. The quantitative estimate of drug-likeness (QED) is 0.365. The first-order valence-electron chi connectivity index (χ1n) is 8.31. The van der Waals surface area contributed by atoms with Crippen molar-refractivity contribution in [3.63, 3.8) is 0 Å². The first-order valence-corrected chi connectivity index (χ1v) is 8.69. The van der Waals surface area contributed by atoms with E-state index in [4.69, 9.17) is 11.6 Å². The number of rotatable bonds is 7. The third-order valence-electron chi connectivity index (χ3n) is 3.69. The Morgan fingerprint density at radius 2 is 2.08 bits per heavy atom. The fourth-order valence-electron chi connectivity index (χ4n) is 2.44. The summed E-state index contributed by atoms with van der Waals surface area (Å²) >= 11 is 6.27. The van der Waals surface area contributed by atoms with Crippen molar-refractivity contribution in [3.05, 3.63) is 47.0 Å². The van der Waals surface area contributed by atoms with E-state index < -0.39 is 0 Å². The molecule has 1 atom stereocenters. The molecule has 0 saturated carbocycles. The van der Waals surface area contributed by atoms with Crippen LogP contribution in [-0.4, -0.2) is 33.8 Å². The molecule has 8 heteroatoms. The summed E-state index contributed by atoms with van der Waals surface area (Å²) in [7, 11) is 0. The Hall–Kier alpha value is -1.35. The smallest absolute Gasteiger partial charge is 0.191 e. The number of halogens is 2. The average Bonchev–Trinajstić information content (AvgIpc) is 3.03. The van der Waals surface area contributed by atoms with Gasteiger partial charge in [0.1, 0.15) is 12.2 Å². The second-order valence-corrected chi connectivity index (χ2v) is 5.85. The number of benzene rings is 1. The number of nitrogens with zero attached hydrogens (tertiary/aromatic N) is 4. The minimum Gasteiger partial charge on any atom is -0.357 e. The number of hydrogen-bond donors (Lipinski definition) is 2. The molecule has 1 aromatic heterocycles. The van der Waals surface area contributed by atoms with Crippen molar-refractivity contribution in [1.82, 2.24) is 25.4 Å². The van der Waals surface area contributed by atoms with Crippen LogP contribution in [0.2, 0.25) is 5.02 Å². The van der Waals surface area contributed by atoms with Crippen molar-refractivity contribution in [2.45, 2.75) is 39.8 Å². The molecule has 0 aliphatic rings. The molecule has 0 radical (unpaired) electrons. The fraction of sp³-hybridized carbons (Fsp3) is 0.471. The van der Waals surface area contributed by atoms with Crippen LogP contribution in [0, 0.1) is 0 Å². The molecule has 0 spiro atoms. The predicted octanol–water partition coefficient (Wildman–Crippen LogP) is 3.43. The van der Waals surface area contributed by atoms with Gasteiger partial charge in [0.15, 0.2) is 5.96 Å². The number of guanidine groups is 1. The van der Waals surface area contributed by atoms with Crippen LogP contribution >= 0.6 is 35.6 Å². The molecule has 138 valence electrons. The number of nitrogens with one attached hydrogen (secondary N) is 2. The van der Waals surface area contributed by atoms with E-state index in [0.29, 0.717) is 6.54 Å². The van der Waals surface area contributed by atoms with E-state index in [1.165, 1.54) is 0 Å². The van der Waals surface area contributed by atoms with Gasteiger partial charge in [-0.25, -0.2) is 0 Å². The number of aliphatic imine (C=N–C) groups is 1. The van der Waals surface area contributed by atoms with E-state index in [0.717, 1.165) is 41.9 Å². The molecule has 0 bridgehead atoms. The monoisotopic (exact) mass is 476 g/mol. The van der Waals surface area contributed by atoms with E-state index in [1.54, 1.807) is 6.33 Å². The van der Waals surface area contributed by atoms with Gasteiger partial charge in [0.2, 0.25) is 0 Å². The summed E-state index contributed by atoms with van der Waals surface area (Å²) in [4.78, 5) is 4.63. The number of aromatic nitrogens is 3. The Morgan fingerprint density at radius 3 is 2.76 bits per heavy atom. The van der Waals surface area contributed by atoms with Crippen LogP contribution in [0.15, 0.2) is 35.6 Å². The predicted molar refractivity (Wildman–Crippen MR) is 114 cm³/mol. The SMILES string of the molecule is CCNC(=NCCn1cnnc1CC)NC(C)c1ccccc1Cl.I. The van der Waals surface area contributed by atoms with Crippen LogP contribution in [-0.2, 0) is 13.0 Å². The van der Waals surface area contributed by atoms with Crippen molar-refractivity contribution in [2.24, 2.45) is 4.99 Å². The molecule has 2 N–H and O–H groups in total. The van der Waals surface area contributed by atoms with Gasteiger partial charge in [-0.15, -0.1) is 34.2 Å². The zero-order chi connectivity index (χ0) is 17.4. The van der Waals surface area contributed by atoms with Crippen LogP contribution in [0.5, 0.6) is 0 Å². The lowest BCUT2D eigenvalue weighted by Gasteiger charge is -2.19. The highest BCUT2D eigenvalue weighted by Crippen LogP contribution is 2.21. The van der Waals surface area contributed by atoms with Gasteiger partial charge < -0.3 is 15.2 Å². The molecule has 6 nitrogen and oxygen atoms in total. The van der Waals surface area contributed by atoms with Crippen molar-refractivity contribution >= 4 is 41.5 Å². The summed E-state index contributed by atoms with van der Waals surface area (Å²) in [5, 5.41) is 15.4. The molecule has 0 aliphatic carbocycles. The highest BCUT2D eigenvalue weighted by molar-refractivity contribution is 14.0. The van der Waals surface area contributed by atoms with Crippen molar-refractivity contribution < 1.29 is 0 Å². The van der Waals surface area contributed by atoms with Gasteiger partial charge in [-0.05, 0) is 25.5 Å². The van der Waals surface area contributed by atoms with E-state index >= 15 is 0 Å². The average molecular weight is 477 g/mol. The lowest BCUT2D eigenvalue weighted by atomic mass is 10.1. The summed E-state index contributed by atoms with van der Waals surface area (Å²) in [5.41, 5.74) is 1.05. The molecule has 1 unspecified atom stereocenters. The van der Waals surface area contributed by atoms with Gasteiger partial charge >= 0.3 is 0 Å². The topological polar surface area (TPSA) is 67.1 Å². The molecule has 0 amide bonds. The van der Waals surface area contributed by atoms with Crippen molar-refractivity contribution in [3.8, 4) is 0 Å². The fourth-order valence-corrected chi connectivity index (χ4v) is 2.74. The largest absolute Gasteiger partial charge is 0.357 e. The second-order valence-electron chi connectivity index (χ2n) is 5.44. The van der Waals surface area contributed by atoms with Crippen molar-refractivity contribution in [1.29, 1.82) is 0 Å². The normalized spacial score (nSPS) is 12.4. The first-order chi connectivity index (χ1) is 11.7. The third kappa shape index (κ3) is 6.47. The molecular formula is C17H26ClIN6. The molecule has 25 heavy (non-hydrogen) atoms. The van der Waals surface area contributed by atoms with Crippen LogP contribution < -0.4 is 10.6 Å². The van der Waals surface area contributed by atoms with E-state index in [-0.39, 0.29) is 30.0 Å². The molecular weight excluding hydrogens is 451 g/mol. The highest BCUT2D eigenvalue weighted by atomic mass is 127. The second kappa shape index (κ2) is 11.3.